The fourth-order valence-corrected chi connectivity index (χ4v) is 3.19. The average molecular weight is 344 g/mol. The van der Waals surface area contributed by atoms with E-state index < -0.39 is 11.7 Å². The first kappa shape index (κ1) is 15.1. The first-order chi connectivity index (χ1) is 10.5. The highest BCUT2D eigenvalue weighted by Gasteiger charge is 2.30. The van der Waals surface area contributed by atoms with Crippen LogP contribution in [0.2, 0.25) is 0 Å². The summed E-state index contributed by atoms with van der Waals surface area (Å²) in [5.41, 5.74) is 0.554. The lowest BCUT2D eigenvalue weighted by Gasteiger charge is -2.06. The van der Waals surface area contributed by atoms with E-state index >= 15 is 0 Å². The summed E-state index contributed by atoms with van der Waals surface area (Å²) < 4.78 is 43.1. The number of hydrogen-bond donors (Lipinski definition) is 0. The zero-order chi connectivity index (χ0) is 15.7. The normalized spacial score (nSPS) is 11.8. The van der Waals surface area contributed by atoms with Crippen LogP contribution in [0.1, 0.15) is 10.4 Å². The molecule has 2 aromatic heterocycles. The van der Waals surface area contributed by atoms with E-state index in [1.54, 1.807) is 12.1 Å². The van der Waals surface area contributed by atoms with Crippen LogP contribution in [0, 0.1) is 0 Å². The lowest BCUT2D eigenvalue weighted by atomic mass is 10.1. The Bertz CT molecular complexity index is 763. The van der Waals surface area contributed by atoms with Crippen LogP contribution < -0.4 is 0 Å². The molecule has 3 aromatic rings. The van der Waals surface area contributed by atoms with Crippen LogP contribution in [0.5, 0.6) is 0 Å². The number of halogens is 4. The molecule has 2 nitrogen and oxygen atoms in total. The molecule has 0 N–H and O–H groups in total. The average Bonchev–Trinajstić information content (AvgIpc) is 3.15. The van der Waals surface area contributed by atoms with Gasteiger partial charge in [0, 0.05) is 5.56 Å². The number of rotatable bonds is 3. The second kappa shape index (κ2) is 5.78. The number of thiazole rings is 1. The van der Waals surface area contributed by atoms with E-state index in [9.17, 15) is 13.2 Å². The van der Waals surface area contributed by atoms with Gasteiger partial charge in [0.25, 0.3) is 0 Å². The lowest BCUT2D eigenvalue weighted by molar-refractivity contribution is -0.137. The quantitative estimate of drug-likeness (QED) is 0.559. The second-order valence-electron chi connectivity index (χ2n) is 4.48. The van der Waals surface area contributed by atoms with E-state index in [-0.39, 0.29) is 5.88 Å². The summed E-state index contributed by atoms with van der Waals surface area (Å²) >= 11 is 7.25. The molecule has 0 fully saturated rings. The van der Waals surface area contributed by atoms with Crippen molar-refractivity contribution in [1.82, 2.24) is 4.98 Å². The monoisotopic (exact) mass is 343 g/mol. The van der Waals surface area contributed by atoms with Crippen LogP contribution in [0.3, 0.4) is 0 Å². The maximum absolute atomic E-state index is 12.6. The zero-order valence-corrected chi connectivity index (χ0v) is 12.6. The van der Waals surface area contributed by atoms with Gasteiger partial charge in [-0.25, -0.2) is 4.98 Å². The number of furan rings is 1. The topological polar surface area (TPSA) is 26.0 Å². The van der Waals surface area contributed by atoms with Gasteiger partial charge in [0.2, 0.25) is 0 Å². The Morgan fingerprint density at radius 1 is 1.14 bits per heavy atom. The highest BCUT2D eigenvalue weighted by atomic mass is 35.5. The summed E-state index contributed by atoms with van der Waals surface area (Å²) in [7, 11) is 0. The number of hydrogen-bond acceptors (Lipinski definition) is 3. The summed E-state index contributed by atoms with van der Waals surface area (Å²) in [6.45, 7) is 0. The summed E-state index contributed by atoms with van der Waals surface area (Å²) in [6, 6.07) is 8.41. The summed E-state index contributed by atoms with van der Waals surface area (Å²) in [5.74, 6) is 0.846. The Hall–Kier alpha value is -1.79. The summed E-state index contributed by atoms with van der Waals surface area (Å²) in [6.07, 6.45) is -2.81. The van der Waals surface area contributed by atoms with Gasteiger partial charge in [-0.2, -0.15) is 13.2 Å². The molecule has 22 heavy (non-hydrogen) atoms. The van der Waals surface area contributed by atoms with E-state index in [0.717, 1.165) is 17.0 Å². The lowest BCUT2D eigenvalue weighted by Crippen LogP contribution is -2.03. The minimum Gasteiger partial charge on any atom is -0.463 e. The SMILES string of the molecule is FC(F)(F)c1ccc(-c2nc(-c3ccco3)c(CCl)s2)cc1. The maximum Gasteiger partial charge on any atom is 0.416 e. The molecular weight excluding hydrogens is 335 g/mol. The molecule has 0 saturated carbocycles. The van der Waals surface area contributed by atoms with Crippen LogP contribution in [-0.4, -0.2) is 4.98 Å². The fourth-order valence-electron chi connectivity index (χ4n) is 1.97. The van der Waals surface area contributed by atoms with Gasteiger partial charge < -0.3 is 4.42 Å². The van der Waals surface area contributed by atoms with E-state index in [2.05, 4.69) is 4.98 Å². The van der Waals surface area contributed by atoms with Gasteiger partial charge in [-0.15, -0.1) is 22.9 Å². The Morgan fingerprint density at radius 3 is 2.41 bits per heavy atom. The summed E-state index contributed by atoms with van der Waals surface area (Å²) in [5, 5.41) is 0.607. The van der Waals surface area contributed by atoms with Crippen molar-refractivity contribution in [3.63, 3.8) is 0 Å². The third-order valence-electron chi connectivity index (χ3n) is 3.03. The van der Waals surface area contributed by atoms with Gasteiger partial charge in [-0.3, -0.25) is 0 Å². The van der Waals surface area contributed by atoms with Crippen molar-refractivity contribution >= 4 is 22.9 Å². The molecule has 2 heterocycles. The molecule has 1 aromatic carbocycles. The first-order valence-corrected chi connectivity index (χ1v) is 7.61. The predicted octanol–water partition coefficient (Wildman–Crippen LogP) is 5.83. The molecule has 114 valence electrons. The van der Waals surface area contributed by atoms with Crippen LogP contribution in [0.25, 0.3) is 22.0 Å². The van der Waals surface area contributed by atoms with Gasteiger partial charge >= 0.3 is 6.18 Å². The van der Waals surface area contributed by atoms with Crippen LogP contribution >= 0.6 is 22.9 Å². The van der Waals surface area contributed by atoms with Crippen molar-refractivity contribution in [2.24, 2.45) is 0 Å². The molecule has 0 aliphatic carbocycles. The first-order valence-electron chi connectivity index (χ1n) is 6.26. The second-order valence-corrected chi connectivity index (χ2v) is 5.83. The Kier molecular flexibility index (Phi) is 3.97. The van der Waals surface area contributed by atoms with E-state index in [4.69, 9.17) is 16.0 Å². The molecule has 0 atom stereocenters. The number of nitrogens with zero attached hydrogens (tertiary/aromatic N) is 1. The standard InChI is InChI=1S/C15H9ClF3NOS/c16-8-12-13(11-2-1-7-21-11)20-14(22-12)9-3-5-10(6-4-9)15(17,18)19/h1-7H,8H2. The molecule has 0 aliphatic heterocycles. The predicted molar refractivity (Wildman–Crippen MR) is 79.8 cm³/mol. The van der Waals surface area contributed by atoms with Crippen molar-refractivity contribution in [2.75, 3.05) is 0 Å². The summed E-state index contributed by atoms with van der Waals surface area (Å²) in [4.78, 5) is 5.26. The molecule has 0 spiro atoms. The molecule has 3 rings (SSSR count). The van der Waals surface area contributed by atoms with Crippen LogP contribution in [0.4, 0.5) is 13.2 Å². The number of benzene rings is 1. The molecule has 0 aliphatic rings. The third-order valence-corrected chi connectivity index (χ3v) is 4.56. The number of alkyl halides is 4. The van der Waals surface area contributed by atoms with Gasteiger partial charge in [0.05, 0.1) is 22.6 Å². The Labute approximate surface area is 133 Å². The van der Waals surface area contributed by atoms with Crippen LogP contribution in [0.15, 0.2) is 47.1 Å². The minimum absolute atomic E-state index is 0.258. The molecule has 0 radical (unpaired) electrons. The largest absolute Gasteiger partial charge is 0.463 e. The van der Waals surface area contributed by atoms with Crippen molar-refractivity contribution < 1.29 is 17.6 Å². The van der Waals surface area contributed by atoms with Gasteiger partial charge in [-0.05, 0) is 24.3 Å². The third kappa shape index (κ3) is 2.89. The highest BCUT2D eigenvalue weighted by Crippen LogP contribution is 2.36. The van der Waals surface area contributed by atoms with E-state index in [0.29, 0.717) is 22.0 Å². The molecule has 0 unspecified atom stereocenters. The molecule has 0 saturated heterocycles. The van der Waals surface area contributed by atoms with E-state index in [1.165, 1.54) is 29.7 Å². The van der Waals surface area contributed by atoms with Gasteiger partial charge in [-0.1, -0.05) is 12.1 Å². The van der Waals surface area contributed by atoms with Crippen molar-refractivity contribution in [2.45, 2.75) is 12.1 Å². The van der Waals surface area contributed by atoms with Crippen molar-refractivity contribution in [1.29, 1.82) is 0 Å². The smallest absolute Gasteiger partial charge is 0.416 e. The van der Waals surface area contributed by atoms with E-state index in [1.807, 2.05) is 0 Å². The fraction of sp³-hybridized carbons (Fsp3) is 0.133. The zero-order valence-electron chi connectivity index (χ0n) is 11.0. The van der Waals surface area contributed by atoms with Crippen LogP contribution in [-0.2, 0) is 12.1 Å². The Balaban J connectivity index is 1.99. The maximum atomic E-state index is 12.6. The Morgan fingerprint density at radius 2 is 1.86 bits per heavy atom. The minimum atomic E-state index is -4.35. The highest BCUT2D eigenvalue weighted by molar-refractivity contribution is 7.15. The molecule has 0 amide bonds. The van der Waals surface area contributed by atoms with Gasteiger partial charge in [0.15, 0.2) is 5.76 Å². The van der Waals surface area contributed by atoms with Crippen molar-refractivity contribution in [3.8, 4) is 22.0 Å². The molecule has 0 bridgehead atoms. The van der Waals surface area contributed by atoms with Crippen molar-refractivity contribution in [3.05, 3.63) is 53.1 Å². The number of aromatic nitrogens is 1. The molecule has 7 heteroatoms. The van der Waals surface area contributed by atoms with Gasteiger partial charge in [0.1, 0.15) is 10.7 Å². The molecular formula is C15H9ClF3NOS.